The van der Waals surface area contributed by atoms with Crippen LogP contribution in [0.5, 0.6) is 17.2 Å². The molecule has 0 aliphatic carbocycles. The van der Waals surface area contributed by atoms with Gasteiger partial charge in [-0.2, -0.15) is 0 Å². The van der Waals surface area contributed by atoms with Crippen LogP contribution < -0.4 is 14.2 Å². The molecule has 0 spiro atoms. The molecule has 0 bridgehead atoms. The molecule has 0 unspecified atom stereocenters. The van der Waals surface area contributed by atoms with E-state index in [4.69, 9.17) is 14.2 Å². The molecule has 0 radical (unpaired) electrons. The van der Waals surface area contributed by atoms with E-state index < -0.39 is 0 Å². The third-order valence-corrected chi connectivity index (χ3v) is 3.86. The van der Waals surface area contributed by atoms with Crippen LogP contribution in [0.4, 0.5) is 0 Å². The minimum absolute atomic E-state index is 0.0224. The Morgan fingerprint density at radius 1 is 1.04 bits per heavy atom. The first-order chi connectivity index (χ1) is 12.0. The highest BCUT2D eigenvalue weighted by atomic mass is 16.5. The van der Waals surface area contributed by atoms with Gasteiger partial charge in [-0.15, -0.1) is 0 Å². The van der Waals surface area contributed by atoms with Crippen molar-refractivity contribution >= 4 is 5.78 Å². The SMILES string of the molecule is COc1cc(C(C)=O)cc(-c2ccc(OCCN(C)C)cc2)c1OC. The lowest BCUT2D eigenvalue weighted by atomic mass is 9.99. The summed E-state index contributed by atoms with van der Waals surface area (Å²) in [6.07, 6.45) is 0. The average molecular weight is 343 g/mol. The molecule has 0 amide bonds. The zero-order chi connectivity index (χ0) is 18.4. The molecule has 25 heavy (non-hydrogen) atoms. The van der Waals surface area contributed by atoms with Crippen LogP contribution >= 0.6 is 0 Å². The van der Waals surface area contributed by atoms with Crippen molar-refractivity contribution in [3.05, 3.63) is 42.0 Å². The van der Waals surface area contributed by atoms with E-state index in [1.54, 1.807) is 20.3 Å². The molecule has 0 atom stereocenters. The summed E-state index contributed by atoms with van der Waals surface area (Å²) in [5.74, 6) is 1.93. The molecule has 0 aliphatic heterocycles. The molecule has 2 aromatic carbocycles. The molecule has 0 fully saturated rings. The van der Waals surface area contributed by atoms with Crippen molar-refractivity contribution in [2.24, 2.45) is 0 Å². The quantitative estimate of drug-likeness (QED) is 0.687. The lowest BCUT2D eigenvalue weighted by Gasteiger charge is -2.15. The predicted molar refractivity (Wildman–Crippen MR) is 99.0 cm³/mol. The summed E-state index contributed by atoms with van der Waals surface area (Å²) in [6, 6.07) is 11.3. The van der Waals surface area contributed by atoms with Gasteiger partial charge in [0.15, 0.2) is 17.3 Å². The number of carbonyl (C=O) groups is 1. The van der Waals surface area contributed by atoms with Gasteiger partial charge in [-0.3, -0.25) is 4.79 Å². The third-order valence-electron chi connectivity index (χ3n) is 3.86. The largest absolute Gasteiger partial charge is 0.493 e. The number of nitrogens with zero attached hydrogens (tertiary/aromatic N) is 1. The monoisotopic (exact) mass is 343 g/mol. The van der Waals surface area contributed by atoms with Crippen LogP contribution in [0.3, 0.4) is 0 Å². The lowest BCUT2D eigenvalue weighted by molar-refractivity contribution is 0.101. The summed E-state index contributed by atoms with van der Waals surface area (Å²) in [7, 11) is 7.17. The summed E-state index contributed by atoms with van der Waals surface area (Å²) in [6.45, 7) is 3.02. The number of hydrogen-bond acceptors (Lipinski definition) is 5. The molecule has 0 saturated carbocycles. The molecule has 0 N–H and O–H groups in total. The Bertz CT molecular complexity index is 723. The first-order valence-corrected chi connectivity index (χ1v) is 8.11. The fourth-order valence-corrected chi connectivity index (χ4v) is 2.46. The van der Waals surface area contributed by atoms with Crippen LogP contribution in [0.1, 0.15) is 17.3 Å². The number of hydrogen-bond donors (Lipinski definition) is 0. The molecule has 0 aliphatic rings. The fourth-order valence-electron chi connectivity index (χ4n) is 2.46. The number of ether oxygens (including phenoxy) is 3. The molecule has 2 aromatic rings. The van der Waals surface area contributed by atoms with E-state index in [1.165, 1.54) is 6.92 Å². The minimum atomic E-state index is -0.0224. The maximum Gasteiger partial charge on any atom is 0.168 e. The van der Waals surface area contributed by atoms with Crippen LogP contribution in [-0.2, 0) is 0 Å². The van der Waals surface area contributed by atoms with Gasteiger partial charge in [0, 0.05) is 17.7 Å². The standard InChI is InChI=1S/C20H25NO4/c1-14(22)16-12-18(20(24-5)19(13-16)23-4)15-6-8-17(9-7-15)25-11-10-21(2)3/h6-9,12-13H,10-11H2,1-5H3. The molecule has 2 rings (SSSR count). The van der Waals surface area contributed by atoms with E-state index in [0.29, 0.717) is 23.7 Å². The van der Waals surface area contributed by atoms with Crippen LogP contribution in [0.2, 0.25) is 0 Å². The van der Waals surface area contributed by atoms with E-state index in [9.17, 15) is 4.79 Å². The van der Waals surface area contributed by atoms with Crippen LogP contribution in [0, 0.1) is 0 Å². The van der Waals surface area contributed by atoms with Crippen LogP contribution in [-0.4, -0.2) is 52.1 Å². The average Bonchev–Trinajstić information content (AvgIpc) is 2.60. The van der Waals surface area contributed by atoms with Gasteiger partial charge in [0.1, 0.15) is 12.4 Å². The highest BCUT2D eigenvalue weighted by molar-refractivity contribution is 5.97. The number of rotatable bonds is 8. The van der Waals surface area contributed by atoms with Crippen molar-refractivity contribution in [2.45, 2.75) is 6.92 Å². The van der Waals surface area contributed by atoms with E-state index in [1.807, 2.05) is 44.4 Å². The van der Waals surface area contributed by atoms with Crippen molar-refractivity contribution in [2.75, 3.05) is 41.5 Å². The smallest absolute Gasteiger partial charge is 0.168 e. The Morgan fingerprint density at radius 3 is 2.24 bits per heavy atom. The third kappa shape index (κ3) is 4.73. The minimum Gasteiger partial charge on any atom is -0.493 e. The second kappa shape index (κ2) is 8.53. The number of ketones is 1. The number of likely N-dealkylation sites (N-methyl/N-ethyl adjacent to an activating group) is 1. The maximum atomic E-state index is 11.8. The van der Waals surface area contributed by atoms with Crippen molar-refractivity contribution in [3.63, 3.8) is 0 Å². The number of methoxy groups -OCH3 is 2. The highest BCUT2D eigenvalue weighted by Crippen LogP contribution is 2.39. The van der Waals surface area contributed by atoms with Crippen molar-refractivity contribution in [1.29, 1.82) is 0 Å². The van der Waals surface area contributed by atoms with Gasteiger partial charge in [-0.05, 0) is 50.8 Å². The molecule has 0 aromatic heterocycles. The van der Waals surface area contributed by atoms with Crippen molar-refractivity contribution in [3.8, 4) is 28.4 Å². The van der Waals surface area contributed by atoms with Gasteiger partial charge >= 0.3 is 0 Å². The summed E-state index contributed by atoms with van der Waals surface area (Å²) in [5, 5.41) is 0. The molecule has 0 heterocycles. The second-order valence-electron chi connectivity index (χ2n) is 5.99. The van der Waals surface area contributed by atoms with Gasteiger partial charge in [-0.25, -0.2) is 0 Å². The second-order valence-corrected chi connectivity index (χ2v) is 5.99. The first-order valence-electron chi connectivity index (χ1n) is 8.11. The van der Waals surface area contributed by atoms with Crippen molar-refractivity contribution < 1.29 is 19.0 Å². The van der Waals surface area contributed by atoms with E-state index in [2.05, 4.69) is 4.90 Å². The Hall–Kier alpha value is -2.53. The molecule has 5 nitrogen and oxygen atoms in total. The highest BCUT2D eigenvalue weighted by Gasteiger charge is 2.16. The summed E-state index contributed by atoms with van der Waals surface area (Å²) < 4.78 is 16.6. The molecule has 5 heteroatoms. The summed E-state index contributed by atoms with van der Waals surface area (Å²) >= 11 is 0. The summed E-state index contributed by atoms with van der Waals surface area (Å²) in [4.78, 5) is 13.9. The van der Waals surface area contributed by atoms with E-state index in [0.717, 1.165) is 23.4 Å². The van der Waals surface area contributed by atoms with Gasteiger partial charge in [-0.1, -0.05) is 12.1 Å². The Kier molecular flexibility index (Phi) is 6.42. The van der Waals surface area contributed by atoms with Gasteiger partial charge < -0.3 is 19.1 Å². The zero-order valence-electron chi connectivity index (χ0n) is 15.5. The number of Topliss-reactive ketones (excluding diaryl/α,β-unsaturated/α-hetero) is 1. The first kappa shape index (κ1) is 18.8. The van der Waals surface area contributed by atoms with Gasteiger partial charge in [0.2, 0.25) is 0 Å². The van der Waals surface area contributed by atoms with Gasteiger partial charge in [0.05, 0.1) is 14.2 Å². The number of carbonyl (C=O) groups excluding carboxylic acids is 1. The maximum absolute atomic E-state index is 11.8. The Labute approximate surface area is 149 Å². The Morgan fingerprint density at radius 2 is 1.72 bits per heavy atom. The fraction of sp³-hybridized carbons (Fsp3) is 0.350. The van der Waals surface area contributed by atoms with Crippen LogP contribution in [0.15, 0.2) is 36.4 Å². The predicted octanol–water partition coefficient (Wildman–Crippen LogP) is 3.51. The summed E-state index contributed by atoms with van der Waals surface area (Å²) in [5.41, 5.74) is 2.32. The molecular weight excluding hydrogens is 318 g/mol. The Balaban J connectivity index is 2.33. The number of benzene rings is 2. The molecular formula is C20H25NO4. The topological polar surface area (TPSA) is 48.0 Å². The van der Waals surface area contributed by atoms with Gasteiger partial charge in [0.25, 0.3) is 0 Å². The van der Waals surface area contributed by atoms with E-state index in [-0.39, 0.29) is 5.78 Å². The normalized spacial score (nSPS) is 10.6. The van der Waals surface area contributed by atoms with Crippen molar-refractivity contribution in [1.82, 2.24) is 4.90 Å². The van der Waals surface area contributed by atoms with E-state index >= 15 is 0 Å². The van der Waals surface area contributed by atoms with Crippen LogP contribution in [0.25, 0.3) is 11.1 Å². The zero-order valence-corrected chi connectivity index (χ0v) is 15.5. The molecule has 134 valence electrons. The lowest BCUT2D eigenvalue weighted by Crippen LogP contribution is -2.19. The molecule has 0 saturated heterocycles.